The zero-order valence-corrected chi connectivity index (χ0v) is 16.1. The van der Waals surface area contributed by atoms with Gasteiger partial charge in [-0.2, -0.15) is 0 Å². The predicted molar refractivity (Wildman–Crippen MR) is 97.8 cm³/mol. The van der Waals surface area contributed by atoms with Crippen molar-refractivity contribution in [1.29, 1.82) is 0 Å². The zero-order valence-electron chi connectivity index (χ0n) is 13.7. The van der Waals surface area contributed by atoms with Crippen molar-refractivity contribution in [2.75, 3.05) is 13.1 Å². The van der Waals surface area contributed by atoms with Crippen LogP contribution in [0.2, 0.25) is 10.0 Å². The topological polar surface area (TPSA) is 15.3 Å². The molecule has 1 saturated heterocycles. The fraction of sp³-hybridized carbons (Fsp3) is 0.647. The number of nitrogens with one attached hydrogen (secondary N) is 1. The van der Waals surface area contributed by atoms with Crippen molar-refractivity contribution in [3.63, 3.8) is 0 Å². The quantitative estimate of drug-likeness (QED) is 0.753. The van der Waals surface area contributed by atoms with Gasteiger partial charge in [-0.15, -0.1) is 12.4 Å². The van der Waals surface area contributed by atoms with Gasteiger partial charge in [0.1, 0.15) is 0 Å². The van der Waals surface area contributed by atoms with Crippen molar-refractivity contribution < 1.29 is 8.78 Å². The summed E-state index contributed by atoms with van der Waals surface area (Å²) in [6.07, 6.45) is -0.105. The van der Waals surface area contributed by atoms with E-state index >= 15 is 0 Å². The molecule has 0 bridgehead atoms. The molecule has 1 N–H and O–H groups in total. The number of rotatable bonds is 3. The molecule has 2 aliphatic rings. The van der Waals surface area contributed by atoms with E-state index in [0.29, 0.717) is 22.1 Å². The molecular formula is C17H23Cl3F2N2. The zero-order chi connectivity index (χ0) is 16.8. The largest absolute Gasteiger partial charge is 0.311 e. The first-order valence-electron chi connectivity index (χ1n) is 8.09. The van der Waals surface area contributed by atoms with Crippen molar-refractivity contribution in [2.24, 2.45) is 5.92 Å². The minimum Gasteiger partial charge on any atom is -0.311 e. The minimum atomic E-state index is -2.53. The van der Waals surface area contributed by atoms with Gasteiger partial charge >= 0.3 is 0 Å². The predicted octanol–water partition coefficient (Wildman–Crippen LogP) is 5.18. The summed E-state index contributed by atoms with van der Waals surface area (Å²) in [4.78, 5) is 2.35. The van der Waals surface area contributed by atoms with Crippen LogP contribution in [0.15, 0.2) is 18.2 Å². The average molecular weight is 400 g/mol. The molecule has 0 aromatic heterocycles. The molecule has 0 radical (unpaired) electrons. The molecule has 1 unspecified atom stereocenters. The number of nitrogens with zero attached hydrogens (tertiary/aromatic N) is 1. The van der Waals surface area contributed by atoms with E-state index in [4.69, 9.17) is 23.2 Å². The normalized spacial score (nSPS) is 28.8. The molecule has 2 fully saturated rings. The third-order valence-corrected chi connectivity index (χ3v) is 5.76. The summed E-state index contributed by atoms with van der Waals surface area (Å²) in [5.74, 6) is -2.57. The molecule has 1 aromatic carbocycles. The highest BCUT2D eigenvalue weighted by Gasteiger charge is 2.51. The molecule has 1 aliphatic heterocycles. The van der Waals surface area contributed by atoms with Crippen LogP contribution in [0.25, 0.3) is 0 Å². The van der Waals surface area contributed by atoms with Crippen LogP contribution in [-0.4, -0.2) is 36.0 Å². The smallest absolute Gasteiger partial charge is 0.248 e. The lowest BCUT2D eigenvalue weighted by molar-refractivity contribution is -0.137. The third kappa shape index (κ3) is 4.16. The molecule has 3 atom stereocenters. The number of benzene rings is 1. The highest BCUT2D eigenvalue weighted by molar-refractivity contribution is 6.42. The Morgan fingerprint density at radius 2 is 1.88 bits per heavy atom. The molecule has 2 nitrogen and oxygen atoms in total. The fourth-order valence-electron chi connectivity index (χ4n) is 3.80. The summed E-state index contributed by atoms with van der Waals surface area (Å²) in [5, 5.41) is 4.42. The van der Waals surface area contributed by atoms with Gasteiger partial charge in [-0.05, 0) is 37.5 Å². The van der Waals surface area contributed by atoms with Gasteiger partial charge in [0.2, 0.25) is 5.92 Å². The van der Waals surface area contributed by atoms with Crippen LogP contribution >= 0.6 is 35.6 Å². The molecule has 3 rings (SSSR count). The summed E-state index contributed by atoms with van der Waals surface area (Å²) in [5.41, 5.74) is 0.987. The molecule has 1 aliphatic carbocycles. The van der Waals surface area contributed by atoms with Crippen molar-refractivity contribution in [2.45, 2.75) is 50.7 Å². The monoisotopic (exact) mass is 398 g/mol. The first-order valence-corrected chi connectivity index (χ1v) is 8.84. The van der Waals surface area contributed by atoms with Crippen molar-refractivity contribution in [3.8, 4) is 0 Å². The van der Waals surface area contributed by atoms with E-state index in [1.807, 2.05) is 12.1 Å². The number of halogens is 5. The lowest BCUT2D eigenvalue weighted by Gasteiger charge is -2.49. The lowest BCUT2D eigenvalue weighted by atomic mass is 9.73. The molecule has 7 heteroatoms. The second-order valence-electron chi connectivity index (χ2n) is 7.00. The Balaban J connectivity index is 0.00000208. The number of alkyl halides is 2. The lowest BCUT2D eigenvalue weighted by Crippen LogP contribution is -2.58. The van der Waals surface area contributed by atoms with Crippen LogP contribution in [0, 0.1) is 5.92 Å². The van der Waals surface area contributed by atoms with Crippen LogP contribution in [-0.2, 0) is 0 Å². The molecule has 1 aromatic rings. The maximum absolute atomic E-state index is 13.5. The number of hydrogen-bond acceptors (Lipinski definition) is 2. The van der Waals surface area contributed by atoms with E-state index in [0.717, 1.165) is 18.7 Å². The standard InChI is InChI=1S/C17H22Cl2F2N2.ClH/c1-10-9-23(11(2)8-22-10)16(13-6-17(20,21)7-13)12-3-4-14(18)15(19)5-12;/h3-5,10-11,13,16,22H,6-9H2,1-2H3;1H/t10-,11+,16?;/m0./s1. The first kappa shape index (κ1) is 20.2. The van der Waals surface area contributed by atoms with Crippen molar-refractivity contribution >= 4 is 35.6 Å². The van der Waals surface area contributed by atoms with E-state index in [1.165, 1.54) is 0 Å². The average Bonchev–Trinajstić information content (AvgIpc) is 2.45. The Hall–Kier alpha value is -0.130. The van der Waals surface area contributed by atoms with Gasteiger partial charge in [0.05, 0.1) is 10.0 Å². The summed E-state index contributed by atoms with van der Waals surface area (Å²) in [6, 6.07) is 6.12. The molecule has 1 saturated carbocycles. The van der Waals surface area contributed by atoms with Gasteiger partial charge in [0.25, 0.3) is 0 Å². The first-order chi connectivity index (χ1) is 10.8. The van der Waals surface area contributed by atoms with E-state index in [1.54, 1.807) is 6.07 Å². The second kappa shape index (κ2) is 7.63. The van der Waals surface area contributed by atoms with Gasteiger partial charge in [0, 0.05) is 44.1 Å². The fourth-order valence-corrected chi connectivity index (χ4v) is 4.11. The molecule has 0 spiro atoms. The Morgan fingerprint density at radius 3 is 2.46 bits per heavy atom. The maximum Gasteiger partial charge on any atom is 0.248 e. The summed E-state index contributed by atoms with van der Waals surface area (Å²) < 4.78 is 26.9. The highest BCUT2D eigenvalue weighted by Crippen LogP contribution is 2.51. The van der Waals surface area contributed by atoms with Gasteiger partial charge in [-0.3, -0.25) is 4.90 Å². The Morgan fingerprint density at radius 1 is 1.21 bits per heavy atom. The van der Waals surface area contributed by atoms with Crippen LogP contribution < -0.4 is 5.32 Å². The van der Waals surface area contributed by atoms with E-state index < -0.39 is 5.92 Å². The molecule has 136 valence electrons. The van der Waals surface area contributed by atoms with E-state index in [2.05, 4.69) is 24.1 Å². The number of hydrogen-bond donors (Lipinski definition) is 1. The summed E-state index contributed by atoms with van der Waals surface area (Å²) in [6.45, 7) is 5.97. The Labute approximate surface area is 158 Å². The Bertz CT molecular complexity index is 577. The molecular weight excluding hydrogens is 377 g/mol. The van der Waals surface area contributed by atoms with Gasteiger partial charge in [-0.1, -0.05) is 29.3 Å². The van der Waals surface area contributed by atoms with E-state index in [-0.39, 0.29) is 37.2 Å². The van der Waals surface area contributed by atoms with Gasteiger partial charge in [-0.25, -0.2) is 8.78 Å². The van der Waals surface area contributed by atoms with Crippen molar-refractivity contribution in [1.82, 2.24) is 10.2 Å². The van der Waals surface area contributed by atoms with Gasteiger partial charge in [0.15, 0.2) is 0 Å². The van der Waals surface area contributed by atoms with Crippen LogP contribution in [0.5, 0.6) is 0 Å². The molecule has 0 amide bonds. The van der Waals surface area contributed by atoms with Crippen LogP contribution in [0.4, 0.5) is 8.78 Å². The molecule has 1 heterocycles. The highest BCUT2D eigenvalue weighted by atomic mass is 35.5. The second-order valence-corrected chi connectivity index (χ2v) is 7.81. The Kier molecular flexibility index (Phi) is 6.41. The SMILES string of the molecule is C[C@@H]1CN[C@@H](C)CN1C(c1ccc(Cl)c(Cl)c1)C1CC(F)(F)C1.Cl. The number of piperazine rings is 1. The van der Waals surface area contributed by atoms with E-state index in [9.17, 15) is 8.78 Å². The van der Waals surface area contributed by atoms with Gasteiger partial charge < -0.3 is 5.32 Å². The van der Waals surface area contributed by atoms with Crippen molar-refractivity contribution in [3.05, 3.63) is 33.8 Å². The summed E-state index contributed by atoms with van der Waals surface area (Å²) in [7, 11) is 0. The maximum atomic E-state index is 13.5. The minimum absolute atomic E-state index is 0. The molecule has 24 heavy (non-hydrogen) atoms. The third-order valence-electron chi connectivity index (χ3n) is 5.02. The van der Waals surface area contributed by atoms with Crippen LogP contribution in [0.1, 0.15) is 38.3 Å². The summed E-state index contributed by atoms with van der Waals surface area (Å²) >= 11 is 12.2. The van der Waals surface area contributed by atoms with Crippen LogP contribution in [0.3, 0.4) is 0 Å².